The highest BCUT2D eigenvalue weighted by atomic mass is 32.1. The Hall–Kier alpha value is -2.74. The van der Waals surface area contributed by atoms with E-state index in [4.69, 9.17) is 9.47 Å². The molecule has 0 aliphatic heterocycles. The van der Waals surface area contributed by atoms with Gasteiger partial charge in [-0.05, 0) is 31.0 Å². The van der Waals surface area contributed by atoms with Crippen molar-refractivity contribution in [3.05, 3.63) is 46.6 Å². The molecule has 0 saturated heterocycles. The largest absolute Gasteiger partial charge is 0.462 e. The molecule has 26 heavy (non-hydrogen) atoms. The number of anilines is 1. The normalized spacial score (nSPS) is 10.5. The topological polar surface area (TPSA) is 94.6 Å². The van der Waals surface area contributed by atoms with Crippen LogP contribution in [-0.4, -0.2) is 36.0 Å². The molecule has 7 nitrogen and oxygen atoms in total. The summed E-state index contributed by atoms with van der Waals surface area (Å²) in [6.45, 7) is 5.46. The Bertz CT molecular complexity index is 786. The van der Waals surface area contributed by atoms with Crippen LogP contribution in [0.5, 0.6) is 0 Å². The fourth-order valence-corrected chi connectivity index (χ4v) is 3.07. The van der Waals surface area contributed by atoms with Crippen LogP contribution in [0.25, 0.3) is 0 Å². The smallest absolute Gasteiger partial charge is 0.341 e. The lowest BCUT2D eigenvalue weighted by Gasteiger charge is -2.07. The Morgan fingerprint density at radius 3 is 2.62 bits per heavy atom. The highest BCUT2D eigenvalue weighted by Crippen LogP contribution is 2.33. The lowest BCUT2D eigenvalue weighted by molar-refractivity contribution is -0.119. The van der Waals surface area contributed by atoms with Crippen LogP contribution in [0.4, 0.5) is 5.00 Å². The minimum atomic E-state index is -0.645. The molecule has 0 saturated carbocycles. The summed E-state index contributed by atoms with van der Waals surface area (Å²) < 4.78 is 9.99. The first-order valence-corrected chi connectivity index (χ1v) is 8.91. The van der Waals surface area contributed by atoms with Gasteiger partial charge in [0.15, 0.2) is 6.61 Å². The fourth-order valence-electron chi connectivity index (χ4n) is 2.01. The number of pyridine rings is 1. The van der Waals surface area contributed by atoms with E-state index in [0.717, 1.165) is 4.88 Å². The molecule has 0 fully saturated rings. The highest BCUT2D eigenvalue weighted by Gasteiger charge is 2.20. The quantitative estimate of drug-likeness (QED) is 0.746. The van der Waals surface area contributed by atoms with E-state index in [1.807, 2.05) is 13.8 Å². The first-order chi connectivity index (χ1) is 12.4. The molecular weight excluding hydrogens is 356 g/mol. The third-order valence-electron chi connectivity index (χ3n) is 3.30. The molecule has 2 aromatic rings. The van der Waals surface area contributed by atoms with Crippen LogP contribution < -0.4 is 5.32 Å². The molecule has 0 spiro atoms. The maximum atomic E-state index is 12.1. The van der Waals surface area contributed by atoms with Gasteiger partial charge < -0.3 is 14.8 Å². The third-order valence-corrected chi connectivity index (χ3v) is 4.65. The fraction of sp³-hybridized carbons (Fsp3) is 0.333. The van der Waals surface area contributed by atoms with Gasteiger partial charge in [-0.2, -0.15) is 0 Å². The summed E-state index contributed by atoms with van der Waals surface area (Å²) >= 11 is 1.30. The van der Waals surface area contributed by atoms with Crippen LogP contribution in [0, 0.1) is 0 Å². The van der Waals surface area contributed by atoms with Gasteiger partial charge in [0.1, 0.15) is 5.00 Å². The molecule has 2 aromatic heterocycles. The van der Waals surface area contributed by atoms with Gasteiger partial charge in [-0.25, -0.2) is 9.59 Å². The average molecular weight is 376 g/mol. The van der Waals surface area contributed by atoms with Gasteiger partial charge >= 0.3 is 11.9 Å². The van der Waals surface area contributed by atoms with E-state index in [2.05, 4.69) is 10.3 Å². The first-order valence-electron chi connectivity index (χ1n) is 8.10. The van der Waals surface area contributed by atoms with E-state index in [9.17, 15) is 14.4 Å². The number of nitrogens with one attached hydrogen (secondary N) is 1. The average Bonchev–Trinajstić information content (AvgIpc) is 3.05. The minimum absolute atomic E-state index is 0.197. The summed E-state index contributed by atoms with van der Waals surface area (Å²) in [5.74, 6) is -1.49. The summed E-state index contributed by atoms with van der Waals surface area (Å²) in [5, 5.41) is 3.00. The predicted molar refractivity (Wildman–Crippen MR) is 97.5 cm³/mol. The van der Waals surface area contributed by atoms with Crippen molar-refractivity contribution in [2.45, 2.75) is 26.7 Å². The van der Waals surface area contributed by atoms with E-state index >= 15 is 0 Å². The van der Waals surface area contributed by atoms with E-state index in [1.165, 1.54) is 23.7 Å². The Balaban J connectivity index is 2.03. The lowest BCUT2D eigenvalue weighted by Crippen LogP contribution is -2.21. The molecule has 0 bridgehead atoms. The number of carbonyl (C=O) groups excluding carboxylic acids is 3. The second-order valence-corrected chi connectivity index (χ2v) is 6.72. The second kappa shape index (κ2) is 9.10. The highest BCUT2D eigenvalue weighted by molar-refractivity contribution is 7.16. The molecule has 138 valence electrons. The van der Waals surface area contributed by atoms with E-state index in [0.29, 0.717) is 10.6 Å². The van der Waals surface area contributed by atoms with Crippen molar-refractivity contribution in [3.8, 4) is 0 Å². The Kier molecular flexibility index (Phi) is 6.85. The maximum Gasteiger partial charge on any atom is 0.341 e. The van der Waals surface area contributed by atoms with Crippen molar-refractivity contribution in [3.63, 3.8) is 0 Å². The molecule has 0 aliphatic rings. The molecule has 0 radical (unpaired) electrons. The maximum absolute atomic E-state index is 12.1. The molecule has 0 unspecified atom stereocenters. The number of thiophene rings is 1. The van der Waals surface area contributed by atoms with Gasteiger partial charge in [0, 0.05) is 17.3 Å². The van der Waals surface area contributed by atoms with Crippen molar-refractivity contribution in [1.29, 1.82) is 0 Å². The Morgan fingerprint density at radius 2 is 2.00 bits per heavy atom. The number of hydrogen-bond acceptors (Lipinski definition) is 7. The van der Waals surface area contributed by atoms with Crippen LogP contribution in [0.1, 0.15) is 52.3 Å². The van der Waals surface area contributed by atoms with Crippen molar-refractivity contribution < 1.29 is 23.9 Å². The van der Waals surface area contributed by atoms with Crippen LogP contribution in [-0.2, 0) is 14.3 Å². The van der Waals surface area contributed by atoms with Gasteiger partial charge in [0.25, 0.3) is 5.91 Å². The van der Waals surface area contributed by atoms with Gasteiger partial charge in [-0.3, -0.25) is 9.78 Å². The number of hydrogen-bond donors (Lipinski definition) is 1. The van der Waals surface area contributed by atoms with Gasteiger partial charge in [-0.15, -0.1) is 11.3 Å². The molecule has 2 heterocycles. The predicted octanol–water partition coefficient (Wildman–Crippen LogP) is 3.24. The van der Waals surface area contributed by atoms with Crippen molar-refractivity contribution >= 4 is 34.2 Å². The number of amides is 1. The number of rotatable bonds is 7. The summed E-state index contributed by atoms with van der Waals surface area (Å²) in [6.07, 6.45) is 2.89. The number of nitrogens with zero attached hydrogens (tertiary/aromatic N) is 1. The first kappa shape index (κ1) is 19.6. The zero-order chi connectivity index (χ0) is 19.1. The second-order valence-electron chi connectivity index (χ2n) is 5.63. The van der Waals surface area contributed by atoms with Gasteiger partial charge in [-0.1, -0.05) is 13.8 Å². The summed E-state index contributed by atoms with van der Waals surface area (Å²) in [5.41, 5.74) is 0.554. The minimum Gasteiger partial charge on any atom is -0.462 e. The number of aromatic nitrogens is 1. The van der Waals surface area contributed by atoms with Crippen LogP contribution in [0.2, 0.25) is 0 Å². The molecule has 1 N–H and O–H groups in total. The van der Waals surface area contributed by atoms with Gasteiger partial charge in [0.05, 0.1) is 17.7 Å². The summed E-state index contributed by atoms with van der Waals surface area (Å²) in [4.78, 5) is 40.8. The van der Waals surface area contributed by atoms with Crippen molar-refractivity contribution in [2.24, 2.45) is 0 Å². The lowest BCUT2D eigenvalue weighted by atomic mass is 10.1. The Morgan fingerprint density at radius 1 is 1.23 bits per heavy atom. The number of esters is 2. The molecule has 0 aromatic carbocycles. The van der Waals surface area contributed by atoms with E-state index in [1.54, 1.807) is 25.1 Å². The SMILES string of the molecule is CCOC(=O)c1cc(C(C)C)sc1NC(=O)COC(=O)c1cccnc1. The van der Waals surface area contributed by atoms with Gasteiger partial charge in [0.2, 0.25) is 0 Å². The summed E-state index contributed by atoms with van der Waals surface area (Å²) in [6, 6.07) is 4.85. The molecule has 1 amide bonds. The monoisotopic (exact) mass is 376 g/mol. The zero-order valence-electron chi connectivity index (χ0n) is 14.8. The van der Waals surface area contributed by atoms with Crippen molar-refractivity contribution in [2.75, 3.05) is 18.5 Å². The van der Waals surface area contributed by atoms with Crippen LogP contribution in [0.15, 0.2) is 30.6 Å². The standard InChI is InChI=1S/C18H20N2O5S/c1-4-24-18(23)13-8-14(11(2)3)26-16(13)20-15(21)10-25-17(22)12-6-5-7-19-9-12/h5-9,11H,4,10H2,1-3H3,(H,20,21). The van der Waals surface area contributed by atoms with Crippen LogP contribution >= 0.6 is 11.3 Å². The molecule has 2 rings (SSSR count). The Labute approximate surface area is 155 Å². The number of ether oxygens (including phenoxy) is 2. The van der Waals surface area contributed by atoms with E-state index in [-0.39, 0.29) is 18.1 Å². The molecular formula is C18H20N2O5S. The zero-order valence-corrected chi connectivity index (χ0v) is 15.6. The van der Waals surface area contributed by atoms with E-state index < -0.39 is 24.5 Å². The summed E-state index contributed by atoms with van der Waals surface area (Å²) in [7, 11) is 0. The van der Waals surface area contributed by atoms with Crippen molar-refractivity contribution in [1.82, 2.24) is 4.98 Å². The molecule has 0 atom stereocenters. The third kappa shape index (κ3) is 5.13. The van der Waals surface area contributed by atoms with Crippen LogP contribution in [0.3, 0.4) is 0 Å². The molecule has 8 heteroatoms. The molecule has 0 aliphatic carbocycles. The number of carbonyl (C=O) groups is 3.